The van der Waals surface area contributed by atoms with Gasteiger partial charge in [-0.15, -0.1) is 11.3 Å². The Balaban J connectivity index is 2.21. The van der Waals surface area contributed by atoms with Gasteiger partial charge in [0.15, 0.2) is 0 Å². The quantitative estimate of drug-likeness (QED) is 0.829. The van der Waals surface area contributed by atoms with Gasteiger partial charge in [-0.05, 0) is 43.6 Å². The number of likely N-dealkylation sites (N-methyl/N-ethyl adjacent to an activating group) is 1. The average molecular weight is 292 g/mol. The molecule has 106 valence electrons. The predicted molar refractivity (Wildman–Crippen MR) is 80.3 cm³/mol. The van der Waals surface area contributed by atoms with Crippen LogP contribution in [0.4, 0.5) is 5.69 Å². The molecule has 0 aliphatic carbocycles. The second-order valence-corrected chi connectivity index (χ2v) is 5.25. The fraction of sp³-hybridized carbons (Fsp3) is 0.286. The fourth-order valence-electron chi connectivity index (χ4n) is 1.79. The molecule has 5 nitrogen and oxygen atoms in total. The summed E-state index contributed by atoms with van der Waals surface area (Å²) >= 11 is 1.38. The van der Waals surface area contributed by atoms with Crippen LogP contribution < -0.4 is 10.6 Å². The van der Waals surface area contributed by atoms with Gasteiger partial charge in [0.2, 0.25) is 5.91 Å². The summed E-state index contributed by atoms with van der Waals surface area (Å²) in [4.78, 5) is 23.7. The molecule has 0 saturated heterocycles. The molecule has 2 N–H and O–H groups in total. The Morgan fingerprint density at radius 1 is 1.30 bits per heavy atom. The van der Waals surface area contributed by atoms with E-state index in [0.29, 0.717) is 17.2 Å². The zero-order valence-electron chi connectivity index (χ0n) is 11.4. The summed E-state index contributed by atoms with van der Waals surface area (Å²) in [6, 6.07) is 7.34. The minimum absolute atomic E-state index is 0.104. The van der Waals surface area contributed by atoms with E-state index in [0.717, 1.165) is 10.1 Å². The maximum Gasteiger partial charge on any atom is 0.348 e. The number of hydrogen-bond acceptors (Lipinski definition) is 5. The smallest absolute Gasteiger partial charge is 0.348 e. The van der Waals surface area contributed by atoms with Crippen LogP contribution in [0.1, 0.15) is 16.6 Å². The van der Waals surface area contributed by atoms with E-state index < -0.39 is 0 Å². The van der Waals surface area contributed by atoms with Crippen LogP contribution in [0, 0.1) is 0 Å². The largest absolute Gasteiger partial charge is 0.462 e. The van der Waals surface area contributed by atoms with Crippen LogP contribution in [0.5, 0.6) is 0 Å². The van der Waals surface area contributed by atoms with E-state index in [2.05, 4.69) is 10.6 Å². The maximum absolute atomic E-state index is 11.7. The molecule has 0 aliphatic rings. The first-order valence-electron chi connectivity index (χ1n) is 6.29. The zero-order valence-corrected chi connectivity index (χ0v) is 12.2. The molecular formula is C14H16N2O3S. The number of rotatable bonds is 5. The first kappa shape index (κ1) is 14.5. The number of benzene rings is 1. The van der Waals surface area contributed by atoms with Gasteiger partial charge in [0, 0.05) is 10.4 Å². The Morgan fingerprint density at radius 2 is 2.10 bits per heavy atom. The Kier molecular flexibility index (Phi) is 4.70. The molecule has 0 unspecified atom stereocenters. The first-order chi connectivity index (χ1) is 9.63. The number of esters is 1. The van der Waals surface area contributed by atoms with Crippen molar-refractivity contribution in [3.63, 3.8) is 0 Å². The van der Waals surface area contributed by atoms with Gasteiger partial charge in [-0.3, -0.25) is 4.79 Å². The van der Waals surface area contributed by atoms with Crippen molar-refractivity contribution < 1.29 is 14.3 Å². The molecule has 0 atom stereocenters. The highest BCUT2D eigenvalue weighted by Crippen LogP contribution is 2.28. The topological polar surface area (TPSA) is 67.4 Å². The minimum Gasteiger partial charge on any atom is -0.462 e. The Bertz CT molecular complexity index is 636. The van der Waals surface area contributed by atoms with E-state index in [1.165, 1.54) is 11.3 Å². The van der Waals surface area contributed by atoms with Crippen molar-refractivity contribution >= 4 is 39.0 Å². The van der Waals surface area contributed by atoms with E-state index in [9.17, 15) is 9.59 Å². The Morgan fingerprint density at radius 3 is 2.80 bits per heavy atom. The third kappa shape index (κ3) is 3.34. The lowest BCUT2D eigenvalue weighted by Gasteiger charge is -2.04. The molecule has 1 heterocycles. The van der Waals surface area contributed by atoms with Crippen molar-refractivity contribution in [2.75, 3.05) is 25.5 Å². The van der Waals surface area contributed by atoms with Crippen LogP contribution in [-0.2, 0) is 9.53 Å². The van der Waals surface area contributed by atoms with Crippen molar-refractivity contribution in [2.45, 2.75) is 6.92 Å². The van der Waals surface area contributed by atoms with Crippen LogP contribution in [0.3, 0.4) is 0 Å². The average Bonchev–Trinajstić information content (AvgIpc) is 2.82. The van der Waals surface area contributed by atoms with Crippen LogP contribution in [0.2, 0.25) is 0 Å². The van der Waals surface area contributed by atoms with Gasteiger partial charge in [-0.2, -0.15) is 0 Å². The number of carbonyl (C=O) groups excluding carboxylic acids is 2. The standard InChI is InChI=1S/C14H16N2O3S/c1-3-19-14(18)12-7-9-6-10(4-5-11(9)20-12)16-13(17)8-15-2/h4-7,15H,3,8H2,1-2H3,(H,16,17). The molecule has 0 saturated carbocycles. The third-order valence-electron chi connectivity index (χ3n) is 2.61. The number of hydrogen-bond donors (Lipinski definition) is 2. The molecule has 1 aromatic carbocycles. The molecule has 0 fully saturated rings. The van der Waals surface area contributed by atoms with Crippen molar-refractivity contribution in [2.24, 2.45) is 0 Å². The fourth-order valence-corrected chi connectivity index (χ4v) is 2.73. The molecular weight excluding hydrogens is 276 g/mol. The van der Waals surface area contributed by atoms with Crippen LogP contribution in [0.15, 0.2) is 24.3 Å². The summed E-state index contributed by atoms with van der Waals surface area (Å²) in [6.07, 6.45) is 0. The number of fused-ring (bicyclic) bond motifs is 1. The van der Waals surface area contributed by atoms with E-state index in [1.807, 2.05) is 18.2 Å². The van der Waals surface area contributed by atoms with Crippen molar-refractivity contribution in [1.82, 2.24) is 5.32 Å². The first-order valence-corrected chi connectivity index (χ1v) is 7.11. The normalized spacial score (nSPS) is 10.5. The number of anilines is 1. The molecule has 0 aliphatic heterocycles. The number of nitrogens with one attached hydrogen (secondary N) is 2. The van der Waals surface area contributed by atoms with E-state index >= 15 is 0 Å². The monoisotopic (exact) mass is 292 g/mol. The molecule has 1 amide bonds. The summed E-state index contributed by atoms with van der Waals surface area (Å²) in [7, 11) is 1.72. The summed E-state index contributed by atoms with van der Waals surface area (Å²) in [5.74, 6) is -0.415. The Labute approximate surface area is 120 Å². The van der Waals surface area contributed by atoms with Crippen molar-refractivity contribution in [1.29, 1.82) is 0 Å². The number of ether oxygens (including phenoxy) is 1. The van der Waals surface area contributed by atoms with Crippen molar-refractivity contribution in [3.05, 3.63) is 29.1 Å². The van der Waals surface area contributed by atoms with E-state index in [1.54, 1.807) is 20.0 Å². The highest BCUT2D eigenvalue weighted by atomic mass is 32.1. The summed E-state index contributed by atoms with van der Waals surface area (Å²) in [5, 5.41) is 6.49. The number of carbonyl (C=O) groups is 2. The summed E-state index contributed by atoms with van der Waals surface area (Å²) < 4.78 is 5.96. The number of thiophene rings is 1. The lowest BCUT2D eigenvalue weighted by Crippen LogP contribution is -2.24. The summed E-state index contributed by atoms with van der Waals surface area (Å²) in [5.41, 5.74) is 0.714. The van der Waals surface area contributed by atoms with Gasteiger partial charge in [-0.25, -0.2) is 4.79 Å². The second-order valence-electron chi connectivity index (χ2n) is 4.16. The number of amides is 1. The molecule has 1 aromatic heterocycles. The molecule has 2 rings (SSSR count). The predicted octanol–water partition coefficient (Wildman–Crippen LogP) is 2.24. The maximum atomic E-state index is 11.7. The van der Waals surface area contributed by atoms with Gasteiger partial charge >= 0.3 is 5.97 Å². The molecule has 0 spiro atoms. The van der Waals surface area contributed by atoms with Crippen LogP contribution in [0.25, 0.3) is 10.1 Å². The van der Waals surface area contributed by atoms with Gasteiger partial charge in [-0.1, -0.05) is 0 Å². The van der Waals surface area contributed by atoms with Crippen molar-refractivity contribution in [3.8, 4) is 0 Å². The van der Waals surface area contributed by atoms with E-state index in [-0.39, 0.29) is 18.4 Å². The lowest BCUT2D eigenvalue weighted by atomic mass is 10.2. The Hall–Kier alpha value is -1.92. The van der Waals surface area contributed by atoms with Gasteiger partial charge < -0.3 is 15.4 Å². The minimum atomic E-state index is -0.311. The van der Waals surface area contributed by atoms with Gasteiger partial charge in [0.05, 0.1) is 13.2 Å². The zero-order chi connectivity index (χ0) is 14.5. The SMILES string of the molecule is CCOC(=O)c1cc2cc(NC(=O)CNC)ccc2s1. The molecule has 0 bridgehead atoms. The highest BCUT2D eigenvalue weighted by Gasteiger charge is 2.11. The van der Waals surface area contributed by atoms with Crippen LogP contribution in [-0.4, -0.2) is 32.1 Å². The second kappa shape index (κ2) is 6.49. The van der Waals surface area contributed by atoms with E-state index in [4.69, 9.17) is 4.74 Å². The highest BCUT2D eigenvalue weighted by molar-refractivity contribution is 7.20. The lowest BCUT2D eigenvalue weighted by molar-refractivity contribution is -0.115. The molecule has 6 heteroatoms. The third-order valence-corrected chi connectivity index (χ3v) is 3.71. The van der Waals surface area contributed by atoms with Crippen LogP contribution >= 0.6 is 11.3 Å². The molecule has 0 radical (unpaired) electrons. The molecule has 2 aromatic rings. The molecule has 20 heavy (non-hydrogen) atoms. The van der Waals surface area contributed by atoms with Gasteiger partial charge in [0.25, 0.3) is 0 Å². The van der Waals surface area contributed by atoms with Gasteiger partial charge in [0.1, 0.15) is 4.88 Å². The summed E-state index contributed by atoms with van der Waals surface area (Å²) in [6.45, 7) is 2.40.